The van der Waals surface area contributed by atoms with Gasteiger partial charge in [-0.25, -0.2) is 4.79 Å². The van der Waals surface area contributed by atoms with E-state index in [2.05, 4.69) is 10.1 Å². The maximum Gasteiger partial charge on any atom is 0.404 e. The summed E-state index contributed by atoms with van der Waals surface area (Å²) in [5.41, 5.74) is 5.12. The van der Waals surface area contributed by atoms with Gasteiger partial charge in [-0.3, -0.25) is 10.1 Å². The molecule has 0 radical (unpaired) electrons. The highest BCUT2D eigenvalue weighted by atomic mass is 35.5. The zero-order valence-electron chi connectivity index (χ0n) is 9.39. The summed E-state index contributed by atoms with van der Waals surface area (Å²) in [6.07, 6.45) is -0.861. The molecule has 1 rings (SSSR count). The molecule has 1 aromatic carbocycles. The highest BCUT2D eigenvalue weighted by Crippen LogP contribution is 2.25. The first-order valence-corrected chi connectivity index (χ1v) is 5.45. The molecule has 0 fully saturated rings. The van der Waals surface area contributed by atoms with Crippen molar-refractivity contribution in [1.29, 1.82) is 0 Å². The van der Waals surface area contributed by atoms with Gasteiger partial charge >= 0.3 is 6.09 Å². The van der Waals surface area contributed by atoms with Crippen LogP contribution in [0, 0.1) is 10.1 Å². The minimum atomic E-state index is -0.861. The van der Waals surface area contributed by atoms with Gasteiger partial charge < -0.3 is 15.8 Å². The highest BCUT2D eigenvalue weighted by Gasteiger charge is 2.15. The van der Waals surface area contributed by atoms with Crippen LogP contribution in [0.2, 0.25) is 5.02 Å². The molecule has 18 heavy (non-hydrogen) atoms. The third-order valence-corrected chi connectivity index (χ3v) is 2.47. The summed E-state index contributed by atoms with van der Waals surface area (Å²) < 4.78 is 4.50. The van der Waals surface area contributed by atoms with Gasteiger partial charge in [0.1, 0.15) is 6.61 Å². The number of nitrogens with zero attached hydrogens (tertiary/aromatic N) is 1. The number of carbonyl (C=O) groups excluding carboxylic acids is 1. The third-order valence-electron chi connectivity index (χ3n) is 2.12. The van der Waals surface area contributed by atoms with Crippen molar-refractivity contribution in [1.82, 2.24) is 5.32 Å². The second-order valence-electron chi connectivity index (χ2n) is 3.34. The first-order valence-electron chi connectivity index (χ1n) is 5.07. The zero-order chi connectivity index (χ0) is 13.5. The number of nitrogens with one attached hydrogen (secondary N) is 1. The Morgan fingerprint density at radius 2 is 2.28 bits per heavy atom. The molecule has 3 N–H and O–H groups in total. The molecule has 7 nitrogen and oxygen atoms in total. The molecule has 0 aliphatic carbocycles. The number of amides is 1. The SMILES string of the molecule is NC(=O)OCCNCc1c(Cl)cccc1[N+](=O)[O-]. The van der Waals surface area contributed by atoms with E-state index < -0.39 is 11.0 Å². The van der Waals surface area contributed by atoms with Crippen LogP contribution in [0.1, 0.15) is 5.56 Å². The van der Waals surface area contributed by atoms with Crippen LogP contribution in [0.5, 0.6) is 0 Å². The number of ether oxygens (including phenoxy) is 1. The molecule has 0 aliphatic heterocycles. The third kappa shape index (κ3) is 4.19. The largest absolute Gasteiger partial charge is 0.448 e. The van der Waals surface area contributed by atoms with Gasteiger partial charge in [0.25, 0.3) is 5.69 Å². The molecule has 0 bridgehead atoms. The highest BCUT2D eigenvalue weighted by molar-refractivity contribution is 6.31. The number of halogens is 1. The average Bonchev–Trinajstić information content (AvgIpc) is 2.29. The maximum absolute atomic E-state index is 10.8. The van der Waals surface area contributed by atoms with E-state index in [-0.39, 0.29) is 18.8 Å². The Morgan fingerprint density at radius 1 is 1.56 bits per heavy atom. The van der Waals surface area contributed by atoms with E-state index in [9.17, 15) is 14.9 Å². The van der Waals surface area contributed by atoms with Crippen LogP contribution in [0.25, 0.3) is 0 Å². The predicted molar refractivity (Wildman–Crippen MR) is 65.3 cm³/mol. The lowest BCUT2D eigenvalue weighted by atomic mass is 10.2. The Balaban J connectivity index is 2.56. The van der Waals surface area contributed by atoms with Gasteiger partial charge in [-0.1, -0.05) is 17.7 Å². The lowest BCUT2D eigenvalue weighted by Gasteiger charge is -2.07. The smallest absolute Gasteiger partial charge is 0.404 e. The normalized spacial score (nSPS) is 10.1. The molecule has 0 atom stereocenters. The summed E-state index contributed by atoms with van der Waals surface area (Å²) in [6.45, 7) is 0.622. The molecular formula is C10H12ClN3O4. The van der Waals surface area contributed by atoms with Crippen molar-refractivity contribution >= 4 is 23.4 Å². The number of nitro benzene ring substituents is 1. The number of carbonyl (C=O) groups is 1. The Labute approximate surface area is 108 Å². The number of nitrogens with two attached hydrogens (primary N) is 1. The summed E-state index contributed by atoms with van der Waals surface area (Å²) in [5.74, 6) is 0. The van der Waals surface area contributed by atoms with Gasteiger partial charge in [-0.2, -0.15) is 0 Å². The molecule has 0 unspecified atom stereocenters. The van der Waals surface area contributed by atoms with E-state index in [1.54, 1.807) is 6.07 Å². The van der Waals surface area contributed by atoms with Crippen molar-refractivity contribution in [3.05, 3.63) is 38.9 Å². The van der Waals surface area contributed by atoms with Gasteiger partial charge in [0.05, 0.1) is 15.5 Å². The Morgan fingerprint density at radius 3 is 2.89 bits per heavy atom. The van der Waals surface area contributed by atoms with Gasteiger partial charge in [-0.15, -0.1) is 0 Å². The van der Waals surface area contributed by atoms with Crippen molar-refractivity contribution in [2.45, 2.75) is 6.54 Å². The molecule has 0 saturated heterocycles. The lowest BCUT2D eigenvalue weighted by Crippen LogP contribution is -2.23. The van der Waals surface area contributed by atoms with Crippen LogP contribution in [0.15, 0.2) is 18.2 Å². The van der Waals surface area contributed by atoms with E-state index in [0.717, 1.165) is 0 Å². The summed E-state index contributed by atoms with van der Waals surface area (Å²) in [5, 5.41) is 14.0. The second-order valence-corrected chi connectivity index (χ2v) is 3.75. The zero-order valence-corrected chi connectivity index (χ0v) is 10.1. The van der Waals surface area contributed by atoms with E-state index in [1.165, 1.54) is 12.1 Å². The minimum Gasteiger partial charge on any atom is -0.448 e. The van der Waals surface area contributed by atoms with E-state index in [0.29, 0.717) is 17.1 Å². The van der Waals surface area contributed by atoms with Gasteiger partial charge in [0.2, 0.25) is 0 Å². The van der Waals surface area contributed by atoms with Gasteiger partial charge in [0, 0.05) is 19.2 Å². The molecule has 1 aromatic rings. The Hall–Kier alpha value is -1.86. The molecule has 98 valence electrons. The molecule has 0 aromatic heterocycles. The molecule has 8 heteroatoms. The van der Waals surface area contributed by atoms with Crippen LogP contribution in [-0.4, -0.2) is 24.2 Å². The first kappa shape index (κ1) is 14.2. The molecule has 0 heterocycles. The fourth-order valence-corrected chi connectivity index (χ4v) is 1.57. The number of hydrogen-bond donors (Lipinski definition) is 2. The number of primary amides is 1. The first-order chi connectivity index (χ1) is 8.52. The van der Waals surface area contributed by atoms with Crippen molar-refractivity contribution < 1.29 is 14.5 Å². The van der Waals surface area contributed by atoms with Crippen molar-refractivity contribution in [2.75, 3.05) is 13.2 Å². The Kier molecular flexibility index (Phi) is 5.34. The van der Waals surface area contributed by atoms with Crippen molar-refractivity contribution in [2.24, 2.45) is 5.73 Å². The molecule has 1 amide bonds. The van der Waals surface area contributed by atoms with Crippen LogP contribution < -0.4 is 11.1 Å². The summed E-state index contributed by atoms with van der Waals surface area (Å²) in [7, 11) is 0. The molecule has 0 aliphatic rings. The number of benzene rings is 1. The van der Waals surface area contributed by atoms with Gasteiger partial charge in [-0.05, 0) is 6.07 Å². The Bertz CT molecular complexity index is 453. The van der Waals surface area contributed by atoms with Crippen LogP contribution in [0.4, 0.5) is 10.5 Å². The summed E-state index contributed by atoms with van der Waals surface area (Å²) >= 11 is 5.89. The monoisotopic (exact) mass is 273 g/mol. The van der Waals surface area contributed by atoms with E-state index in [4.69, 9.17) is 17.3 Å². The van der Waals surface area contributed by atoms with Crippen molar-refractivity contribution in [3.8, 4) is 0 Å². The van der Waals surface area contributed by atoms with Gasteiger partial charge in [0.15, 0.2) is 0 Å². The number of rotatable bonds is 6. The number of nitro groups is 1. The quantitative estimate of drug-likeness (QED) is 0.463. The fourth-order valence-electron chi connectivity index (χ4n) is 1.33. The second kappa shape index (κ2) is 6.77. The fraction of sp³-hybridized carbons (Fsp3) is 0.300. The summed E-state index contributed by atoms with van der Waals surface area (Å²) in [4.78, 5) is 20.6. The van der Waals surface area contributed by atoms with Crippen LogP contribution in [-0.2, 0) is 11.3 Å². The molecular weight excluding hydrogens is 262 g/mol. The lowest BCUT2D eigenvalue weighted by molar-refractivity contribution is -0.385. The number of hydrogen-bond acceptors (Lipinski definition) is 5. The summed E-state index contributed by atoms with van der Waals surface area (Å²) in [6, 6.07) is 4.47. The molecule has 0 spiro atoms. The topological polar surface area (TPSA) is 107 Å². The van der Waals surface area contributed by atoms with Crippen LogP contribution >= 0.6 is 11.6 Å². The average molecular weight is 274 g/mol. The predicted octanol–water partition coefficient (Wildman–Crippen LogP) is 1.43. The minimum absolute atomic E-state index is 0.0502. The standard InChI is InChI=1S/C10H12ClN3O4/c11-8-2-1-3-9(14(16)17)7(8)6-13-4-5-18-10(12)15/h1-3,13H,4-6H2,(H2,12,15). The van der Waals surface area contributed by atoms with E-state index >= 15 is 0 Å². The maximum atomic E-state index is 10.8. The van der Waals surface area contributed by atoms with Crippen LogP contribution in [0.3, 0.4) is 0 Å². The van der Waals surface area contributed by atoms with E-state index in [1.807, 2.05) is 0 Å². The van der Waals surface area contributed by atoms with Crippen molar-refractivity contribution in [3.63, 3.8) is 0 Å². The molecule has 0 saturated carbocycles.